The van der Waals surface area contributed by atoms with E-state index < -0.39 is 6.03 Å². The fourth-order valence-corrected chi connectivity index (χ4v) is 2.82. The van der Waals surface area contributed by atoms with Gasteiger partial charge in [0.1, 0.15) is 12.4 Å². The van der Waals surface area contributed by atoms with Crippen molar-refractivity contribution in [2.45, 2.75) is 34.3 Å². The van der Waals surface area contributed by atoms with Crippen LogP contribution in [0.5, 0.6) is 5.75 Å². The van der Waals surface area contributed by atoms with Crippen LogP contribution in [0.2, 0.25) is 0 Å². The highest BCUT2D eigenvalue weighted by molar-refractivity contribution is 5.97. The van der Waals surface area contributed by atoms with Crippen molar-refractivity contribution in [3.63, 3.8) is 0 Å². The number of Topliss-reactive ketones (excluding diaryl/α,β-unsaturated/α-hetero) is 1. The predicted molar refractivity (Wildman–Crippen MR) is 110 cm³/mol. The first-order chi connectivity index (χ1) is 13.1. The summed E-state index contributed by atoms with van der Waals surface area (Å²) in [6.07, 6.45) is 0. The first-order valence-corrected chi connectivity index (χ1v) is 9.06. The summed E-state index contributed by atoms with van der Waals surface area (Å²) in [4.78, 5) is 24.3. The van der Waals surface area contributed by atoms with Crippen LogP contribution in [0.25, 0.3) is 0 Å². The van der Waals surface area contributed by atoms with Crippen molar-refractivity contribution in [2.75, 3.05) is 12.1 Å². The van der Waals surface area contributed by atoms with Crippen LogP contribution in [-0.4, -0.2) is 23.9 Å². The van der Waals surface area contributed by atoms with E-state index in [4.69, 9.17) is 16.4 Å². The molecule has 2 amide bonds. The number of hydrazine groups is 2. The van der Waals surface area contributed by atoms with Crippen molar-refractivity contribution >= 4 is 17.5 Å². The van der Waals surface area contributed by atoms with Gasteiger partial charge in [-0.05, 0) is 49.2 Å². The molecule has 0 atom stereocenters. The number of hydrogen-bond donors (Lipinski definition) is 2. The fourth-order valence-electron chi connectivity index (χ4n) is 2.82. The number of anilines is 1. The highest BCUT2D eigenvalue weighted by atomic mass is 16.5. The summed E-state index contributed by atoms with van der Waals surface area (Å²) < 4.78 is 5.98. The summed E-state index contributed by atoms with van der Waals surface area (Å²) in [5, 5.41) is 1.92. The molecule has 0 fully saturated rings. The van der Waals surface area contributed by atoms with Gasteiger partial charge in [-0.25, -0.2) is 21.5 Å². The number of nitrogens with zero attached hydrogens (tertiary/aromatic N) is 2. The lowest BCUT2D eigenvalue weighted by molar-refractivity contribution is 0.0939. The third kappa shape index (κ3) is 4.68. The Morgan fingerprint density at radius 2 is 1.75 bits per heavy atom. The molecule has 4 N–H and O–H groups in total. The number of rotatable bonds is 6. The van der Waals surface area contributed by atoms with E-state index in [-0.39, 0.29) is 18.3 Å². The molecule has 0 saturated carbocycles. The number of carbonyl (C=O) groups excluding carboxylic acids is 2. The number of aryl methyl sites for hydroxylation is 2. The van der Waals surface area contributed by atoms with Gasteiger partial charge in [0, 0.05) is 24.1 Å². The molecular formula is C21H28N4O3. The van der Waals surface area contributed by atoms with E-state index in [0.29, 0.717) is 17.0 Å². The molecule has 7 heteroatoms. The van der Waals surface area contributed by atoms with Gasteiger partial charge in [0.15, 0.2) is 5.78 Å². The average molecular weight is 384 g/mol. The third-order valence-corrected chi connectivity index (χ3v) is 4.51. The minimum atomic E-state index is -0.542. The quantitative estimate of drug-likeness (QED) is 0.344. The lowest BCUT2D eigenvalue weighted by Crippen LogP contribution is -2.49. The van der Waals surface area contributed by atoms with E-state index in [2.05, 4.69) is 0 Å². The highest BCUT2D eigenvalue weighted by Crippen LogP contribution is 2.27. The van der Waals surface area contributed by atoms with Gasteiger partial charge in [0.05, 0.1) is 5.69 Å². The van der Waals surface area contributed by atoms with E-state index in [0.717, 1.165) is 26.7 Å². The molecule has 0 aliphatic heterocycles. The first kappa shape index (κ1) is 21.4. The molecule has 2 aromatic carbocycles. The van der Waals surface area contributed by atoms with Crippen LogP contribution in [0.3, 0.4) is 0 Å². The Hall–Kier alpha value is -2.90. The Bertz CT molecular complexity index is 878. The molecule has 2 aromatic rings. The number of carbonyl (C=O) groups is 2. The number of benzene rings is 2. The van der Waals surface area contributed by atoms with Gasteiger partial charge < -0.3 is 4.74 Å². The van der Waals surface area contributed by atoms with Crippen molar-refractivity contribution in [3.05, 3.63) is 58.7 Å². The smallest absolute Gasteiger partial charge is 0.352 e. The van der Waals surface area contributed by atoms with Crippen LogP contribution in [0, 0.1) is 19.8 Å². The zero-order valence-corrected chi connectivity index (χ0v) is 17.0. The zero-order chi connectivity index (χ0) is 21.0. The minimum absolute atomic E-state index is 0.0607. The van der Waals surface area contributed by atoms with Crippen molar-refractivity contribution in [2.24, 2.45) is 17.6 Å². The summed E-state index contributed by atoms with van der Waals surface area (Å²) in [5.41, 5.74) is 3.77. The van der Waals surface area contributed by atoms with E-state index in [1.54, 1.807) is 18.2 Å². The predicted octanol–water partition coefficient (Wildman–Crippen LogP) is 3.33. The maximum atomic E-state index is 12.2. The van der Waals surface area contributed by atoms with Gasteiger partial charge in [-0.2, -0.15) is 0 Å². The number of ether oxygens (including phenoxy) is 1. The fraction of sp³-hybridized carbons (Fsp3) is 0.333. The molecule has 0 bridgehead atoms. The number of urea groups is 1. The lowest BCUT2D eigenvalue weighted by Gasteiger charge is -2.24. The Morgan fingerprint density at radius 1 is 1.07 bits per heavy atom. The second kappa shape index (κ2) is 8.86. The zero-order valence-electron chi connectivity index (χ0n) is 17.0. The van der Waals surface area contributed by atoms with E-state index in [9.17, 15) is 9.59 Å². The van der Waals surface area contributed by atoms with Crippen LogP contribution in [0.15, 0.2) is 36.4 Å². The first-order valence-electron chi connectivity index (χ1n) is 9.06. The van der Waals surface area contributed by atoms with Gasteiger partial charge in [-0.3, -0.25) is 9.80 Å². The summed E-state index contributed by atoms with van der Waals surface area (Å²) >= 11 is 0. The van der Waals surface area contributed by atoms with Gasteiger partial charge in [0.2, 0.25) is 0 Å². The van der Waals surface area contributed by atoms with Gasteiger partial charge in [0.25, 0.3) is 0 Å². The summed E-state index contributed by atoms with van der Waals surface area (Å²) in [7, 11) is 1.43. The maximum absolute atomic E-state index is 12.2. The Kier molecular flexibility index (Phi) is 6.77. The van der Waals surface area contributed by atoms with Crippen molar-refractivity contribution in [1.29, 1.82) is 0 Å². The number of ketones is 1. The van der Waals surface area contributed by atoms with E-state index >= 15 is 0 Å². The molecular weight excluding hydrogens is 356 g/mol. The second-order valence-electron chi connectivity index (χ2n) is 7.12. The van der Waals surface area contributed by atoms with Crippen LogP contribution >= 0.6 is 0 Å². The lowest BCUT2D eigenvalue weighted by atomic mass is 9.99. The van der Waals surface area contributed by atoms with E-state index in [1.165, 1.54) is 7.05 Å². The molecule has 0 heterocycles. The van der Waals surface area contributed by atoms with E-state index in [1.807, 2.05) is 45.9 Å². The monoisotopic (exact) mass is 384 g/mol. The largest absolute Gasteiger partial charge is 0.489 e. The molecule has 0 aliphatic carbocycles. The van der Waals surface area contributed by atoms with Gasteiger partial charge in [-0.15, -0.1) is 0 Å². The van der Waals surface area contributed by atoms with Crippen molar-refractivity contribution in [1.82, 2.24) is 5.01 Å². The van der Waals surface area contributed by atoms with Crippen molar-refractivity contribution in [3.8, 4) is 5.75 Å². The van der Waals surface area contributed by atoms with Crippen LogP contribution in [0.4, 0.5) is 10.5 Å². The SMILES string of the molecule is Cc1cc(C(=O)C(C)C)ccc1OCc1c(C)cccc1N(N)C(=O)N(C)N. The van der Waals surface area contributed by atoms with Gasteiger partial charge >= 0.3 is 6.03 Å². The molecule has 0 aromatic heterocycles. The molecule has 0 radical (unpaired) electrons. The van der Waals surface area contributed by atoms with Crippen molar-refractivity contribution < 1.29 is 14.3 Å². The molecule has 7 nitrogen and oxygen atoms in total. The Morgan fingerprint density at radius 3 is 2.32 bits per heavy atom. The standard InChI is InChI=1S/C21H28N4O3/c1-13(2)20(26)16-9-10-19(15(4)11-16)28-12-17-14(3)7-6-8-18(17)25(23)21(27)24(5)22/h6-11,13H,12,22-23H2,1-5H3. The highest BCUT2D eigenvalue weighted by Gasteiger charge is 2.19. The molecule has 2 rings (SSSR count). The number of hydrogen-bond acceptors (Lipinski definition) is 5. The third-order valence-electron chi connectivity index (χ3n) is 4.51. The summed E-state index contributed by atoms with van der Waals surface area (Å²) in [6.45, 7) is 7.79. The molecule has 0 spiro atoms. The van der Waals surface area contributed by atoms with Gasteiger partial charge in [-0.1, -0.05) is 26.0 Å². The van der Waals surface area contributed by atoms with Crippen LogP contribution < -0.4 is 21.4 Å². The molecule has 0 unspecified atom stereocenters. The topological polar surface area (TPSA) is 102 Å². The normalized spacial score (nSPS) is 10.7. The average Bonchev–Trinajstić information content (AvgIpc) is 2.65. The maximum Gasteiger partial charge on any atom is 0.352 e. The number of amides is 2. The summed E-state index contributed by atoms with van der Waals surface area (Å²) in [5.74, 6) is 12.2. The number of nitrogens with two attached hydrogens (primary N) is 2. The molecule has 0 saturated heterocycles. The Labute approximate surface area is 165 Å². The summed E-state index contributed by atoms with van der Waals surface area (Å²) in [6, 6.07) is 10.3. The Balaban J connectivity index is 2.26. The molecule has 0 aliphatic rings. The van der Waals surface area contributed by atoms with Crippen LogP contribution in [-0.2, 0) is 6.61 Å². The van der Waals surface area contributed by atoms with Crippen LogP contribution in [0.1, 0.15) is 40.9 Å². The minimum Gasteiger partial charge on any atom is -0.489 e. The molecule has 150 valence electrons. The second-order valence-corrected chi connectivity index (χ2v) is 7.12. The molecule has 28 heavy (non-hydrogen) atoms.